The first kappa shape index (κ1) is 30.2. The summed E-state index contributed by atoms with van der Waals surface area (Å²) < 4.78 is 40.7. The van der Waals surface area contributed by atoms with Gasteiger partial charge in [0.25, 0.3) is 0 Å². The smallest absolute Gasteiger partial charge is 0.363 e. The minimum atomic E-state index is -4.26. The predicted molar refractivity (Wildman–Crippen MR) is 151 cm³/mol. The van der Waals surface area contributed by atoms with Crippen LogP contribution in [-0.4, -0.2) is 63.4 Å². The van der Waals surface area contributed by atoms with E-state index in [9.17, 15) is 8.42 Å². The van der Waals surface area contributed by atoms with Gasteiger partial charge in [0.2, 0.25) is 11.8 Å². The first-order chi connectivity index (χ1) is 17.8. The third kappa shape index (κ3) is 8.34. The summed E-state index contributed by atoms with van der Waals surface area (Å²) in [7, 11) is -0.668. The van der Waals surface area contributed by atoms with E-state index in [1.165, 1.54) is 0 Å². The Kier molecular flexibility index (Phi) is 10.1. The van der Waals surface area contributed by atoms with E-state index in [1.807, 2.05) is 39.1 Å². The van der Waals surface area contributed by atoms with Gasteiger partial charge in [0, 0.05) is 30.6 Å². The largest absolute Gasteiger partial charge is 0.477 e. The van der Waals surface area contributed by atoms with Crippen molar-refractivity contribution in [1.29, 1.82) is 0 Å². The molecule has 1 aliphatic heterocycles. The summed E-state index contributed by atoms with van der Waals surface area (Å²) in [6.45, 7) is 14.0. The first-order valence-electron chi connectivity index (χ1n) is 13.2. The predicted octanol–water partition coefficient (Wildman–Crippen LogP) is 3.89. The number of anilines is 1. The molecule has 10 nitrogen and oxygen atoms in total. The lowest BCUT2D eigenvalue weighted by molar-refractivity contribution is 0.0516. The van der Waals surface area contributed by atoms with Crippen LogP contribution < -0.4 is 20.2 Å². The lowest BCUT2D eigenvalue weighted by atomic mass is 9.74. The number of nitrogens with one attached hydrogen (secondary N) is 3. The Bertz CT molecular complexity index is 1160. The topological polar surface area (TPSA) is 118 Å². The molecule has 0 saturated heterocycles. The number of hydrazine groups is 1. The highest BCUT2D eigenvalue weighted by Gasteiger charge is 2.35. The summed E-state index contributed by atoms with van der Waals surface area (Å²) >= 11 is 0. The second-order valence-electron chi connectivity index (χ2n) is 11.3. The third-order valence-corrected chi connectivity index (χ3v) is 7.55. The quantitative estimate of drug-likeness (QED) is 0.422. The molecule has 0 amide bonds. The number of hydrogen-bond donors (Lipinski definition) is 3. The Morgan fingerprint density at radius 3 is 2.34 bits per heavy atom. The fourth-order valence-corrected chi connectivity index (χ4v) is 6.13. The lowest BCUT2D eigenvalue weighted by Gasteiger charge is -2.38. The molecule has 1 unspecified atom stereocenters. The third-order valence-electron chi connectivity index (χ3n) is 6.63. The van der Waals surface area contributed by atoms with Crippen LogP contribution in [0.25, 0.3) is 11.3 Å². The minimum absolute atomic E-state index is 0.0974. The average molecular weight is 549 g/mol. The SMILES string of the molecule is CNN(C)CC1NCC(CC(C)C)(CC(C)C)COc2cc(-c3c(C)cccc3C)nc(n2)NS(=O)(=O)O1. The van der Waals surface area contributed by atoms with Crippen molar-refractivity contribution in [1.82, 2.24) is 25.7 Å². The number of hydrogen-bond acceptors (Lipinski definition) is 9. The van der Waals surface area contributed by atoms with Crippen LogP contribution in [0.2, 0.25) is 0 Å². The van der Waals surface area contributed by atoms with Crippen molar-refractivity contribution in [2.45, 2.75) is 60.6 Å². The summed E-state index contributed by atoms with van der Waals surface area (Å²) in [6, 6.07) is 7.77. The van der Waals surface area contributed by atoms with Gasteiger partial charge >= 0.3 is 10.3 Å². The highest BCUT2D eigenvalue weighted by Crippen LogP contribution is 2.36. The lowest BCUT2D eigenvalue weighted by Crippen LogP contribution is -2.51. The second-order valence-corrected chi connectivity index (χ2v) is 12.6. The van der Waals surface area contributed by atoms with Crippen molar-refractivity contribution in [2.24, 2.45) is 17.3 Å². The molecule has 1 aromatic heterocycles. The zero-order valence-electron chi connectivity index (χ0n) is 24.0. The maximum Gasteiger partial charge on any atom is 0.363 e. The number of rotatable bonds is 8. The summed E-state index contributed by atoms with van der Waals surface area (Å²) in [4.78, 5) is 8.98. The van der Waals surface area contributed by atoms with E-state index in [0.29, 0.717) is 36.6 Å². The maximum absolute atomic E-state index is 13.1. The Labute approximate surface area is 228 Å². The van der Waals surface area contributed by atoms with E-state index < -0.39 is 16.5 Å². The normalized spacial score (nSPS) is 19.5. The molecular formula is C27H44N6O4S. The van der Waals surface area contributed by atoms with Gasteiger partial charge in [-0.3, -0.25) is 10.7 Å². The summed E-state index contributed by atoms with van der Waals surface area (Å²) in [5.41, 5.74) is 6.27. The van der Waals surface area contributed by atoms with Crippen LogP contribution in [0.4, 0.5) is 5.95 Å². The molecule has 0 aliphatic carbocycles. The van der Waals surface area contributed by atoms with Crippen LogP contribution in [-0.2, 0) is 14.5 Å². The molecule has 0 saturated carbocycles. The zero-order chi connectivity index (χ0) is 28.1. The number of fused-ring (bicyclic) bond motifs is 2. The molecule has 2 aromatic rings. The molecule has 212 valence electrons. The maximum atomic E-state index is 13.1. The number of aryl methyl sites for hydroxylation is 2. The standard InChI is InChI=1S/C27H44N6O4S/c1-18(2)13-27(14-19(3)4)16-29-24(15-33(8)28-7)37-38(34,35)32-26-30-22(12-23(31-26)36-17-27)25-20(5)10-9-11-21(25)6/h9-12,18-19,24,28-29H,13-17H2,1-8H3,(H,30,31,32). The highest BCUT2D eigenvalue weighted by atomic mass is 32.2. The van der Waals surface area contributed by atoms with E-state index in [4.69, 9.17) is 8.92 Å². The molecule has 2 bridgehead atoms. The Morgan fingerprint density at radius 1 is 1.13 bits per heavy atom. The molecule has 0 radical (unpaired) electrons. The van der Waals surface area contributed by atoms with Crippen molar-refractivity contribution in [3.8, 4) is 17.1 Å². The molecule has 3 rings (SSSR count). The van der Waals surface area contributed by atoms with Crippen molar-refractivity contribution in [3.05, 3.63) is 35.4 Å². The Balaban J connectivity index is 2.13. The molecule has 38 heavy (non-hydrogen) atoms. The van der Waals surface area contributed by atoms with Crippen LogP contribution in [0.1, 0.15) is 51.7 Å². The molecule has 11 heteroatoms. The second kappa shape index (κ2) is 12.7. The molecule has 1 aliphatic rings. The van der Waals surface area contributed by atoms with Gasteiger partial charge in [-0.15, -0.1) is 0 Å². The molecular weight excluding hydrogens is 504 g/mol. The molecule has 1 aromatic carbocycles. The van der Waals surface area contributed by atoms with Gasteiger partial charge in [0.1, 0.15) is 6.23 Å². The van der Waals surface area contributed by atoms with E-state index in [2.05, 4.69) is 53.1 Å². The van der Waals surface area contributed by atoms with Crippen LogP contribution in [0.3, 0.4) is 0 Å². The summed E-state index contributed by atoms with van der Waals surface area (Å²) in [6.07, 6.45) is 0.961. The Hall–Kier alpha value is -2.31. The summed E-state index contributed by atoms with van der Waals surface area (Å²) in [5.74, 6) is 1.03. The van der Waals surface area contributed by atoms with Crippen molar-refractivity contribution in [3.63, 3.8) is 0 Å². The van der Waals surface area contributed by atoms with Gasteiger partial charge in [0.05, 0.1) is 18.8 Å². The van der Waals surface area contributed by atoms with Gasteiger partial charge < -0.3 is 4.74 Å². The fourth-order valence-electron chi connectivity index (χ4n) is 5.33. The molecule has 0 fully saturated rings. The van der Waals surface area contributed by atoms with E-state index in [-0.39, 0.29) is 17.9 Å². The summed E-state index contributed by atoms with van der Waals surface area (Å²) in [5, 5.41) is 5.14. The van der Waals surface area contributed by atoms with Gasteiger partial charge in [-0.1, -0.05) is 45.9 Å². The van der Waals surface area contributed by atoms with E-state index >= 15 is 0 Å². The Morgan fingerprint density at radius 2 is 1.76 bits per heavy atom. The van der Waals surface area contributed by atoms with Gasteiger partial charge in [-0.25, -0.2) is 18.9 Å². The first-order valence-corrected chi connectivity index (χ1v) is 14.6. The van der Waals surface area contributed by atoms with E-state index in [0.717, 1.165) is 29.5 Å². The molecule has 2 heterocycles. The molecule has 1 atom stereocenters. The number of nitrogens with zero attached hydrogens (tertiary/aromatic N) is 3. The zero-order valence-corrected chi connectivity index (χ0v) is 24.8. The van der Waals surface area contributed by atoms with Crippen LogP contribution >= 0.6 is 0 Å². The van der Waals surface area contributed by atoms with Crippen LogP contribution in [0.15, 0.2) is 24.3 Å². The highest BCUT2D eigenvalue weighted by molar-refractivity contribution is 7.88. The fraction of sp³-hybridized carbons (Fsp3) is 0.630. The van der Waals surface area contributed by atoms with Crippen molar-refractivity contribution >= 4 is 16.3 Å². The van der Waals surface area contributed by atoms with Crippen LogP contribution in [0, 0.1) is 31.1 Å². The molecule has 3 N–H and O–H groups in total. The number of aromatic nitrogens is 2. The number of ether oxygens (including phenoxy) is 1. The monoisotopic (exact) mass is 548 g/mol. The van der Waals surface area contributed by atoms with Gasteiger partial charge in [-0.2, -0.15) is 13.4 Å². The molecule has 0 spiro atoms. The van der Waals surface area contributed by atoms with Gasteiger partial charge in [-0.05, 0) is 56.7 Å². The minimum Gasteiger partial charge on any atom is -0.477 e. The van der Waals surface area contributed by atoms with E-state index in [1.54, 1.807) is 18.1 Å². The number of likely N-dealkylation sites (N-methyl/N-ethyl adjacent to an activating group) is 1. The average Bonchev–Trinajstić information content (AvgIpc) is 2.79. The van der Waals surface area contributed by atoms with Crippen molar-refractivity contribution in [2.75, 3.05) is 38.5 Å². The van der Waals surface area contributed by atoms with Crippen molar-refractivity contribution < 1.29 is 17.3 Å². The van der Waals surface area contributed by atoms with Crippen LogP contribution in [0.5, 0.6) is 5.88 Å². The van der Waals surface area contributed by atoms with Gasteiger partial charge in [0.15, 0.2) is 0 Å². The number of benzene rings is 1.